The van der Waals surface area contributed by atoms with Crippen LogP contribution in [-0.4, -0.2) is 77.8 Å². The van der Waals surface area contributed by atoms with Crippen LogP contribution in [-0.2, 0) is 25.6 Å². The summed E-state index contributed by atoms with van der Waals surface area (Å²) in [7, 11) is 0. The second-order valence-corrected chi connectivity index (χ2v) is 9.10. The molecule has 0 aliphatic rings. The Kier molecular flexibility index (Phi) is 15.5. The summed E-state index contributed by atoms with van der Waals surface area (Å²) in [4.78, 5) is 54.3. The Hall–Kier alpha value is -3.36. The van der Waals surface area contributed by atoms with Crippen LogP contribution >= 0.6 is 12.6 Å². The second-order valence-electron chi connectivity index (χ2n) is 8.73. The van der Waals surface area contributed by atoms with Gasteiger partial charge in [0.1, 0.15) is 18.1 Å². The fraction of sp³-hybridized carbons (Fsp3) is 0.542. The van der Waals surface area contributed by atoms with Crippen LogP contribution in [0.1, 0.15) is 37.7 Å². The summed E-state index contributed by atoms with van der Waals surface area (Å²) in [6, 6.07) is 4.80. The quantitative estimate of drug-likeness (QED) is 0.0431. The minimum absolute atomic E-state index is 0.0788. The molecule has 0 heterocycles. The number of nitrogens with one attached hydrogen (secondary N) is 3. The fourth-order valence-electron chi connectivity index (χ4n) is 3.49. The Labute approximate surface area is 228 Å². The number of benzene rings is 1. The minimum atomic E-state index is -1.23. The van der Waals surface area contributed by atoms with Crippen LogP contribution in [0.3, 0.4) is 0 Å². The Balaban J connectivity index is 3.03. The molecule has 0 aliphatic carbocycles. The normalized spacial score (nSPS) is 13.9. The van der Waals surface area contributed by atoms with Crippen molar-refractivity contribution in [2.45, 2.75) is 62.7 Å². The van der Waals surface area contributed by atoms with Crippen molar-refractivity contribution in [1.29, 1.82) is 0 Å². The number of nitrogens with two attached hydrogens (primary N) is 4. The summed E-state index contributed by atoms with van der Waals surface area (Å²) < 4.78 is 0. The number of thiol groups is 1. The van der Waals surface area contributed by atoms with Crippen molar-refractivity contribution in [3.63, 3.8) is 0 Å². The molecule has 4 atom stereocenters. The lowest BCUT2D eigenvalue weighted by atomic mass is 10.0. The molecule has 0 radical (unpaired) electrons. The third-order valence-corrected chi connectivity index (χ3v) is 5.98. The van der Waals surface area contributed by atoms with Crippen LogP contribution in [0.15, 0.2) is 35.3 Å². The number of amides is 3. The van der Waals surface area contributed by atoms with Crippen molar-refractivity contribution in [2.24, 2.45) is 27.9 Å². The molecular weight excluding hydrogens is 512 g/mol. The van der Waals surface area contributed by atoms with Gasteiger partial charge < -0.3 is 44.0 Å². The molecule has 4 unspecified atom stereocenters. The largest absolute Gasteiger partial charge is 0.480 e. The Morgan fingerprint density at radius 3 is 2.03 bits per heavy atom. The molecular formula is C24H40N8O5S. The average Bonchev–Trinajstić information content (AvgIpc) is 2.88. The van der Waals surface area contributed by atoms with Gasteiger partial charge in [0.2, 0.25) is 17.7 Å². The number of carbonyl (C=O) groups is 4. The average molecular weight is 553 g/mol. The summed E-state index contributed by atoms with van der Waals surface area (Å²) >= 11 is 4.03. The number of aliphatic imine (C=N–C) groups is 1. The molecule has 38 heavy (non-hydrogen) atoms. The summed E-state index contributed by atoms with van der Waals surface area (Å²) in [5.74, 6) is -3.11. The van der Waals surface area contributed by atoms with E-state index in [0.717, 1.165) is 5.56 Å². The highest BCUT2D eigenvalue weighted by Crippen LogP contribution is 2.08. The van der Waals surface area contributed by atoms with Crippen molar-refractivity contribution < 1.29 is 24.3 Å². The van der Waals surface area contributed by atoms with Crippen LogP contribution < -0.4 is 38.9 Å². The van der Waals surface area contributed by atoms with E-state index in [9.17, 15) is 24.3 Å². The lowest BCUT2D eigenvalue weighted by Gasteiger charge is -2.25. The second kappa shape index (κ2) is 18.0. The Bertz CT molecular complexity index is 930. The first-order valence-electron chi connectivity index (χ1n) is 12.4. The molecule has 0 bridgehead atoms. The van der Waals surface area contributed by atoms with E-state index in [0.29, 0.717) is 25.8 Å². The van der Waals surface area contributed by atoms with Gasteiger partial charge in [-0.2, -0.15) is 12.6 Å². The summed E-state index contributed by atoms with van der Waals surface area (Å²) in [6.45, 7) is 0.590. The van der Waals surface area contributed by atoms with Gasteiger partial charge in [-0.3, -0.25) is 19.4 Å². The van der Waals surface area contributed by atoms with E-state index in [1.807, 2.05) is 6.07 Å². The number of aliphatic carboxylic acids is 1. The van der Waals surface area contributed by atoms with Gasteiger partial charge in [0, 0.05) is 18.7 Å². The van der Waals surface area contributed by atoms with E-state index >= 15 is 0 Å². The number of nitrogens with zero attached hydrogens (tertiary/aromatic N) is 1. The molecule has 1 aromatic rings. The van der Waals surface area contributed by atoms with Gasteiger partial charge in [0.05, 0.1) is 6.04 Å². The number of carboxylic acid groups (broad SMARTS) is 1. The molecule has 14 heteroatoms. The van der Waals surface area contributed by atoms with Crippen LogP contribution in [0.5, 0.6) is 0 Å². The van der Waals surface area contributed by atoms with Crippen LogP contribution in [0.4, 0.5) is 0 Å². The molecule has 212 valence electrons. The van der Waals surface area contributed by atoms with Crippen molar-refractivity contribution in [1.82, 2.24) is 16.0 Å². The first-order chi connectivity index (χ1) is 18.1. The minimum Gasteiger partial charge on any atom is -0.480 e. The predicted molar refractivity (Wildman–Crippen MR) is 148 cm³/mol. The maximum absolute atomic E-state index is 13.3. The number of hydrogen-bond acceptors (Lipinski definition) is 8. The summed E-state index contributed by atoms with van der Waals surface area (Å²) in [6.07, 6.45) is 1.87. The highest BCUT2D eigenvalue weighted by molar-refractivity contribution is 7.80. The van der Waals surface area contributed by atoms with E-state index in [4.69, 9.17) is 22.9 Å². The van der Waals surface area contributed by atoms with Gasteiger partial charge >= 0.3 is 5.97 Å². The maximum Gasteiger partial charge on any atom is 0.326 e. The van der Waals surface area contributed by atoms with Gasteiger partial charge in [-0.1, -0.05) is 30.3 Å². The molecule has 0 fully saturated rings. The number of unbranched alkanes of at least 4 members (excludes halogenated alkanes) is 1. The lowest BCUT2D eigenvalue weighted by Crippen LogP contribution is -2.57. The van der Waals surface area contributed by atoms with Crippen molar-refractivity contribution >= 4 is 42.3 Å². The molecule has 13 nitrogen and oxygen atoms in total. The van der Waals surface area contributed by atoms with Crippen molar-refractivity contribution in [2.75, 3.05) is 18.8 Å². The zero-order valence-corrected chi connectivity index (χ0v) is 22.2. The van der Waals surface area contributed by atoms with Gasteiger partial charge in [-0.05, 0) is 44.2 Å². The number of carbonyl (C=O) groups excluding carboxylic acids is 3. The molecule has 0 saturated carbocycles. The maximum atomic E-state index is 13.3. The number of guanidine groups is 1. The molecule has 1 aromatic carbocycles. The van der Waals surface area contributed by atoms with E-state index in [-0.39, 0.29) is 37.5 Å². The first-order valence-corrected chi connectivity index (χ1v) is 13.0. The number of rotatable bonds is 18. The molecule has 0 aliphatic heterocycles. The number of hydrogen-bond donors (Lipinski definition) is 9. The molecule has 12 N–H and O–H groups in total. The van der Waals surface area contributed by atoms with E-state index in [2.05, 4.69) is 33.6 Å². The first kappa shape index (κ1) is 32.7. The third kappa shape index (κ3) is 12.7. The standard InChI is InChI=1S/C24H40N8O5S/c25-11-5-4-9-17(21(34)31-18(23(36)37)10-6-12-29-24(27)28)30-22(35)19(32-20(33)16(26)14-38)13-15-7-2-1-3-8-15/h1-3,7-8,16-19,38H,4-6,9-14,25-26H2,(H,30,35)(H,31,34)(H,32,33)(H,36,37)(H4,27,28,29). The zero-order valence-electron chi connectivity index (χ0n) is 21.3. The SMILES string of the molecule is NCCCCC(NC(=O)C(Cc1ccccc1)NC(=O)C(N)CS)C(=O)NC(CCCN=C(N)N)C(=O)O. The van der Waals surface area contributed by atoms with Gasteiger partial charge in [-0.25, -0.2) is 4.79 Å². The highest BCUT2D eigenvalue weighted by atomic mass is 32.1. The molecule has 0 spiro atoms. The van der Waals surface area contributed by atoms with Gasteiger partial charge in [-0.15, -0.1) is 0 Å². The van der Waals surface area contributed by atoms with Crippen LogP contribution in [0.25, 0.3) is 0 Å². The van der Waals surface area contributed by atoms with Crippen LogP contribution in [0.2, 0.25) is 0 Å². The molecule has 3 amide bonds. The zero-order chi connectivity index (χ0) is 28.5. The summed E-state index contributed by atoms with van der Waals surface area (Å²) in [5.41, 5.74) is 22.7. The third-order valence-electron chi connectivity index (χ3n) is 5.59. The van der Waals surface area contributed by atoms with Gasteiger partial charge in [0.15, 0.2) is 5.96 Å². The van der Waals surface area contributed by atoms with E-state index in [1.54, 1.807) is 24.3 Å². The summed E-state index contributed by atoms with van der Waals surface area (Å²) in [5, 5.41) is 17.3. The van der Waals surface area contributed by atoms with E-state index < -0.39 is 47.9 Å². The van der Waals surface area contributed by atoms with E-state index in [1.165, 1.54) is 0 Å². The molecule has 1 rings (SSSR count). The number of carboxylic acids is 1. The van der Waals surface area contributed by atoms with Gasteiger partial charge in [0.25, 0.3) is 0 Å². The topological polar surface area (TPSA) is 241 Å². The molecule has 0 saturated heterocycles. The fourth-order valence-corrected chi connectivity index (χ4v) is 3.65. The predicted octanol–water partition coefficient (Wildman–Crippen LogP) is -1.79. The monoisotopic (exact) mass is 552 g/mol. The smallest absolute Gasteiger partial charge is 0.326 e. The lowest BCUT2D eigenvalue weighted by molar-refractivity contribution is -0.142. The van der Waals surface area contributed by atoms with Crippen molar-refractivity contribution in [3.05, 3.63) is 35.9 Å². The highest BCUT2D eigenvalue weighted by Gasteiger charge is 2.30. The van der Waals surface area contributed by atoms with Crippen LogP contribution in [0, 0.1) is 0 Å². The van der Waals surface area contributed by atoms with Crippen molar-refractivity contribution in [3.8, 4) is 0 Å². The Morgan fingerprint density at radius 2 is 1.45 bits per heavy atom. The Morgan fingerprint density at radius 1 is 0.868 bits per heavy atom. The molecule has 0 aromatic heterocycles.